The molecule has 51 heavy (non-hydrogen) atoms. The summed E-state index contributed by atoms with van der Waals surface area (Å²) in [6.45, 7) is 0. The Bertz CT molecular complexity index is 2820. The van der Waals surface area contributed by atoms with Gasteiger partial charge < -0.3 is 4.57 Å². The van der Waals surface area contributed by atoms with E-state index >= 15 is 0 Å². The van der Waals surface area contributed by atoms with Crippen molar-refractivity contribution in [2.75, 3.05) is 0 Å². The average Bonchev–Trinajstić information content (AvgIpc) is 3.56. The fourth-order valence-corrected chi connectivity index (χ4v) is 7.27. The number of aromatic nitrogens is 5. The summed E-state index contributed by atoms with van der Waals surface area (Å²) in [5, 5.41) is 5.96. The quantitative estimate of drug-likeness (QED) is 0.174. The number of fused-ring (bicyclic) bond motifs is 7. The second-order valence-corrected chi connectivity index (χ2v) is 12.7. The van der Waals surface area contributed by atoms with Gasteiger partial charge in [0.15, 0.2) is 17.5 Å². The zero-order valence-corrected chi connectivity index (χ0v) is 27.5. The molecular weight excluding hydrogens is 623 g/mol. The summed E-state index contributed by atoms with van der Waals surface area (Å²) >= 11 is 0. The van der Waals surface area contributed by atoms with Gasteiger partial charge in [-0.15, -0.1) is 0 Å². The van der Waals surface area contributed by atoms with E-state index in [9.17, 15) is 0 Å². The lowest BCUT2D eigenvalue weighted by molar-refractivity contribution is 1.07. The van der Waals surface area contributed by atoms with E-state index in [2.05, 4.69) is 120 Å². The molecule has 0 atom stereocenters. The molecule has 5 heteroatoms. The van der Waals surface area contributed by atoms with Gasteiger partial charge in [0, 0.05) is 44.1 Å². The molecule has 0 N–H and O–H groups in total. The average molecular weight is 652 g/mol. The topological polar surface area (TPSA) is 56.5 Å². The molecule has 0 aliphatic heterocycles. The number of rotatable bonds is 5. The Hall–Kier alpha value is -6.98. The maximum absolute atomic E-state index is 5.40. The van der Waals surface area contributed by atoms with Crippen LogP contribution in [0.25, 0.3) is 94.6 Å². The van der Waals surface area contributed by atoms with Crippen LogP contribution in [0.1, 0.15) is 0 Å². The summed E-state index contributed by atoms with van der Waals surface area (Å²) < 4.78 is 2.36. The van der Waals surface area contributed by atoms with Gasteiger partial charge in [-0.25, -0.2) is 19.9 Å². The molecule has 3 heterocycles. The van der Waals surface area contributed by atoms with Crippen LogP contribution in [0.3, 0.4) is 0 Å². The van der Waals surface area contributed by atoms with Gasteiger partial charge >= 0.3 is 0 Å². The minimum absolute atomic E-state index is 0.626. The van der Waals surface area contributed by atoms with E-state index in [1.807, 2.05) is 60.7 Å². The molecule has 5 nitrogen and oxygen atoms in total. The minimum atomic E-state index is 0.626. The third kappa shape index (κ3) is 4.86. The normalized spacial score (nSPS) is 11.5. The second kappa shape index (κ2) is 11.9. The molecule has 10 aromatic rings. The van der Waals surface area contributed by atoms with E-state index in [1.54, 1.807) is 0 Å². The lowest BCUT2D eigenvalue weighted by Gasteiger charge is -2.14. The van der Waals surface area contributed by atoms with Gasteiger partial charge in [-0.2, -0.15) is 0 Å². The van der Waals surface area contributed by atoms with E-state index in [4.69, 9.17) is 19.9 Å². The summed E-state index contributed by atoms with van der Waals surface area (Å²) in [6.07, 6.45) is 0. The highest BCUT2D eigenvalue weighted by Gasteiger charge is 2.22. The molecule has 0 unspecified atom stereocenters. The zero-order chi connectivity index (χ0) is 33.7. The van der Waals surface area contributed by atoms with E-state index < -0.39 is 0 Å². The third-order valence-corrected chi connectivity index (χ3v) is 9.62. The van der Waals surface area contributed by atoms with Crippen molar-refractivity contribution < 1.29 is 0 Å². The predicted octanol–water partition coefficient (Wildman–Crippen LogP) is 11.3. The van der Waals surface area contributed by atoms with E-state index in [-0.39, 0.29) is 0 Å². The van der Waals surface area contributed by atoms with Gasteiger partial charge in [-0.05, 0) is 47.2 Å². The lowest BCUT2D eigenvalue weighted by Crippen LogP contribution is -2.01. The van der Waals surface area contributed by atoms with Crippen LogP contribution in [-0.4, -0.2) is 24.5 Å². The first-order chi connectivity index (χ1) is 25.3. The maximum atomic E-state index is 5.40. The molecule has 0 bridgehead atoms. The summed E-state index contributed by atoms with van der Waals surface area (Å²) in [6, 6.07) is 60.8. The van der Waals surface area contributed by atoms with Crippen molar-refractivity contribution in [1.82, 2.24) is 24.5 Å². The van der Waals surface area contributed by atoms with E-state index in [0.29, 0.717) is 17.5 Å². The number of nitrogens with zero attached hydrogens (tertiary/aromatic N) is 5. The monoisotopic (exact) mass is 651 g/mol. The molecule has 10 rings (SSSR count). The first-order valence-corrected chi connectivity index (χ1v) is 17.1. The van der Waals surface area contributed by atoms with Crippen LogP contribution in [0.5, 0.6) is 0 Å². The number of hydrogen-bond acceptors (Lipinski definition) is 4. The lowest BCUT2D eigenvalue weighted by atomic mass is 9.98. The number of pyridine rings is 1. The molecule has 0 saturated carbocycles. The summed E-state index contributed by atoms with van der Waals surface area (Å²) in [5.74, 6) is 1.91. The molecule has 0 aliphatic carbocycles. The van der Waals surface area contributed by atoms with E-state index in [0.717, 1.165) is 50.2 Å². The Balaban J connectivity index is 1.22. The summed E-state index contributed by atoms with van der Waals surface area (Å²) in [4.78, 5) is 20.2. The van der Waals surface area contributed by atoms with Gasteiger partial charge in [0.05, 0.1) is 22.2 Å². The largest absolute Gasteiger partial charge is 0.307 e. The van der Waals surface area contributed by atoms with Crippen LogP contribution in [0, 0.1) is 0 Å². The number of benzene rings is 7. The summed E-state index contributed by atoms with van der Waals surface area (Å²) in [7, 11) is 0. The molecular formula is C46H29N5. The fraction of sp³-hybridized carbons (Fsp3) is 0. The van der Waals surface area contributed by atoms with Gasteiger partial charge in [-0.1, -0.05) is 140 Å². The molecule has 0 aliphatic rings. The van der Waals surface area contributed by atoms with Crippen LogP contribution < -0.4 is 0 Å². The maximum Gasteiger partial charge on any atom is 0.164 e. The van der Waals surface area contributed by atoms with Gasteiger partial charge in [0.2, 0.25) is 0 Å². The Morgan fingerprint density at radius 3 is 1.49 bits per heavy atom. The molecule has 238 valence electrons. The highest BCUT2D eigenvalue weighted by atomic mass is 15.0. The molecule has 0 spiro atoms. The highest BCUT2D eigenvalue weighted by Crippen LogP contribution is 2.43. The van der Waals surface area contributed by atoms with Crippen LogP contribution in [0.15, 0.2) is 176 Å². The van der Waals surface area contributed by atoms with Crippen molar-refractivity contribution in [3.05, 3.63) is 176 Å². The predicted molar refractivity (Wildman–Crippen MR) is 209 cm³/mol. The standard InChI is InChI=1S/C46H29N5/c1-4-15-31(16-5-1)42-43-41(40-36-21-11-10-14-30(36)26-29-38(40)47-42)37-22-12-13-23-39(37)51(43)35-27-24-34(25-28-35)46-49-44(32-17-6-2-7-18-32)48-45(50-46)33-19-8-3-9-20-33/h1-29H. The van der Waals surface area contributed by atoms with Crippen molar-refractivity contribution >= 4 is 43.5 Å². The molecule has 0 amide bonds. The minimum Gasteiger partial charge on any atom is -0.307 e. The Morgan fingerprint density at radius 1 is 0.353 bits per heavy atom. The van der Waals surface area contributed by atoms with Crippen molar-refractivity contribution in [3.63, 3.8) is 0 Å². The van der Waals surface area contributed by atoms with Crippen LogP contribution in [0.2, 0.25) is 0 Å². The van der Waals surface area contributed by atoms with Crippen molar-refractivity contribution in [2.24, 2.45) is 0 Å². The SMILES string of the molecule is c1ccc(-c2nc(-c3ccccc3)nc(-c3ccc(-n4c5ccccc5c5c6c(ccc7ccccc76)nc(-c6ccccc6)c54)cc3)n2)cc1. The molecule has 3 aromatic heterocycles. The molecule has 0 radical (unpaired) electrons. The first-order valence-electron chi connectivity index (χ1n) is 17.1. The Labute approximate surface area is 294 Å². The zero-order valence-electron chi connectivity index (χ0n) is 27.5. The number of hydrogen-bond donors (Lipinski definition) is 0. The van der Waals surface area contributed by atoms with Gasteiger partial charge in [0.25, 0.3) is 0 Å². The second-order valence-electron chi connectivity index (χ2n) is 12.7. The smallest absolute Gasteiger partial charge is 0.164 e. The van der Waals surface area contributed by atoms with E-state index in [1.165, 1.54) is 26.9 Å². The first kappa shape index (κ1) is 29.0. The van der Waals surface area contributed by atoms with Crippen LogP contribution in [0.4, 0.5) is 0 Å². The van der Waals surface area contributed by atoms with Crippen molar-refractivity contribution in [1.29, 1.82) is 0 Å². The van der Waals surface area contributed by atoms with Crippen molar-refractivity contribution in [2.45, 2.75) is 0 Å². The fourth-order valence-electron chi connectivity index (χ4n) is 7.27. The van der Waals surface area contributed by atoms with Crippen molar-refractivity contribution in [3.8, 4) is 51.1 Å². The third-order valence-electron chi connectivity index (χ3n) is 9.62. The molecule has 0 fully saturated rings. The van der Waals surface area contributed by atoms with Gasteiger partial charge in [0.1, 0.15) is 0 Å². The molecule has 0 saturated heterocycles. The highest BCUT2D eigenvalue weighted by molar-refractivity contribution is 6.29. The van der Waals surface area contributed by atoms with Crippen LogP contribution in [-0.2, 0) is 0 Å². The molecule has 7 aromatic carbocycles. The van der Waals surface area contributed by atoms with Crippen LogP contribution >= 0.6 is 0 Å². The Morgan fingerprint density at radius 2 is 0.863 bits per heavy atom. The summed E-state index contributed by atoms with van der Waals surface area (Å²) in [5.41, 5.74) is 9.04. The Kier molecular flexibility index (Phi) is 6.74. The van der Waals surface area contributed by atoms with Gasteiger partial charge in [-0.3, -0.25) is 0 Å². The number of para-hydroxylation sites is 1.